The second-order valence-corrected chi connectivity index (χ2v) is 3.38. The Bertz CT molecular complexity index is 350. The van der Waals surface area contributed by atoms with E-state index in [1.165, 1.54) is 36.5 Å². The molecule has 2 rings (SSSR count). The van der Waals surface area contributed by atoms with Crippen molar-refractivity contribution in [3.63, 3.8) is 0 Å². The maximum atomic E-state index is 10.1. The topological polar surface area (TPSA) is 17.1 Å². The van der Waals surface area contributed by atoms with E-state index in [-0.39, 0.29) is 0 Å². The molecule has 0 aromatic heterocycles. The van der Waals surface area contributed by atoms with Gasteiger partial charge in [0.25, 0.3) is 0 Å². The Hall–Kier alpha value is -1.37. The molecule has 0 amide bonds. The van der Waals surface area contributed by atoms with Gasteiger partial charge in [-0.3, -0.25) is 4.79 Å². The molecule has 0 fully saturated rings. The number of hydrogen-bond donors (Lipinski definition) is 0. The van der Waals surface area contributed by atoms with Crippen LogP contribution in [-0.4, -0.2) is 6.29 Å². The van der Waals surface area contributed by atoms with Crippen molar-refractivity contribution in [1.29, 1.82) is 0 Å². The molecule has 0 unspecified atom stereocenters. The molecule has 66 valence electrons. The maximum absolute atomic E-state index is 10.1. The van der Waals surface area contributed by atoms with Crippen LogP contribution in [0.3, 0.4) is 0 Å². The van der Waals surface area contributed by atoms with Crippen LogP contribution in [0.25, 0.3) is 6.08 Å². The highest BCUT2D eigenvalue weighted by Gasteiger charge is 2.09. The molecule has 1 heteroatoms. The first-order chi connectivity index (χ1) is 6.40. The molecule has 0 heterocycles. The van der Waals surface area contributed by atoms with E-state index < -0.39 is 0 Å². The molecule has 0 saturated carbocycles. The van der Waals surface area contributed by atoms with Crippen molar-refractivity contribution in [2.45, 2.75) is 19.3 Å². The summed E-state index contributed by atoms with van der Waals surface area (Å²) in [7, 11) is 0. The fraction of sp³-hybridized carbons (Fsp3) is 0.250. The van der Waals surface area contributed by atoms with Gasteiger partial charge in [0.2, 0.25) is 0 Å². The number of hydrogen-bond acceptors (Lipinski definition) is 1. The van der Waals surface area contributed by atoms with E-state index in [4.69, 9.17) is 0 Å². The van der Waals surface area contributed by atoms with Crippen LogP contribution >= 0.6 is 0 Å². The molecule has 1 aliphatic carbocycles. The molecule has 0 aliphatic heterocycles. The molecule has 0 N–H and O–H groups in total. The van der Waals surface area contributed by atoms with Crippen molar-refractivity contribution >= 4 is 12.4 Å². The van der Waals surface area contributed by atoms with Crippen LogP contribution in [0.15, 0.2) is 24.3 Å². The Morgan fingerprint density at radius 3 is 2.85 bits per heavy atom. The van der Waals surface area contributed by atoms with Gasteiger partial charge in [-0.1, -0.05) is 24.3 Å². The van der Waals surface area contributed by atoms with E-state index in [9.17, 15) is 4.79 Å². The van der Waals surface area contributed by atoms with Crippen LogP contribution in [-0.2, 0) is 17.6 Å². The lowest BCUT2D eigenvalue weighted by molar-refractivity contribution is -0.104. The third-order valence-electron chi connectivity index (χ3n) is 2.49. The Morgan fingerprint density at radius 2 is 2.00 bits per heavy atom. The van der Waals surface area contributed by atoms with E-state index in [0.29, 0.717) is 0 Å². The highest BCUT2D eigenvalue weighted by atomic mass is 16.1. The standard InChI is InChI=1S/C12H12O/c13-8-2-3-10-6-7-11-4-1-5-12(11)9-10/h2-3,6-9H,1,4-5H2/b3-2+. The van der Waals surface area contributed by atoms with Gasteiger partial charge in [-0.05, 0) is 42.0 Å². The van der Waals surface area contributed by atoms with Crippen molar-refractivity contribution < 1.29 is 4.79 Å². The van der Waals surface area contributed by atoms with Gasteiger partial charge in [0, 0.05) is 0 Å². The van der Waals surface area contributed by atoms with Crippen LogP contribution in [0.5, 0.6) is 0 Å². The van der Waals surface area contributed by atoms with Gasteiger partial charge in [0.1, 0.15) is 6.29 Å². The summed E-state index contributed by atoms with van der Waals surface area (Å²) in [5.74, 6) is 0. The molecule has 1 aromatic carbocycles. The smallest absolute Gasteiger partial charge is 0.142 e. The first-order valence-corrected chi connectivity index (χ1v) is 4.64. The van der Waals surface area contributed by atoms with E-state index in [1.54, 1.807) is 0 Å². The number of allylic oxidation sites excluding steroid dienone is 1. The van der Waals surface area contributed by atoms with Crippen LogP contribution in [0.2, 0.25) is 0 Å². The first kappa shape index (κ1) is 8.24. The van der Waals surface area contributed by atoms with Gasteiger partial charge < -0.3 is 0 Å². The quantitative estimate of drug-likeness (QED) is 0.494. The number of carbonyl (C=O) groups is 1. The number of carbonyl (C=O) groups excluding carboxylic acids is 1. The zero-order valence-corrected chi connectivity index (χ0v) is 7.49. The van der Waals surface area contributed by atoms with Crippen molar-refractivity contribution in [2.75, 3.05) is 0 Å². The molecule has 0 radical (unpaired) electrons. The molecule has 0 spiro atoms. The van der Waals surface area contributed by atoms with E-state index >= 15 is 0 Å². The molecule has 0 bridgehead atoms. The van der Waals surface area contributed by atoms with E-state index in [0.717, 1.165) is 11.8 Å². The highest BCUT2D eigenvalue weighted by Crippen LogP contribution is 2.23. The number of aryl methyl sites for hydroxylation is 2. The second kappa shape index (κ2) is 3.56. The molecule has 1 nitrogen and oxygen atoms in total. The minimum absolute atomic E-state index is 0.813. The average Bonchev–Trinajstić information content (AvgIpc) is 2.61. The van der Waals surface area contributed by atoms with Crippen molar-refractivity contribution in [1.82, 2.24) is 0 Å². The minimum Gasteiger partial charge on any atom is -0.299 e. The number of rotatable bonds is 2. The lowest BCUT2D eigenvalue weighted by atomic mass is 10.1. The van der Waals surface area contributed by atoms with Crippen molar-refractivity contribution in [2.24, 2.45) is 0 Å². The summed E-state index contributed by atoms with van der Waals surface area (Å²) in [5, 5.41) is 0. The van der Waals surface area contributed by atoms with Gasteiger partial charge in [-0.2, -0.15) is 0 Å². The SMILES string of the molecule is O=C/C=C/c1ccc2c(c1)CCC2. The second-order valence-electron chi connectivity index (χ2n) is 3.38. The predicted molar refractivity (Wildman–Crippen MR) is 53.6 cm³/mol. The molecule has 0 saturated heterocycles. The average molecular weight is 172 g/mol. The Labute approximate surface area is 78.1 Å². The van der Waals surface area contributed by atoms with Gasteiger partial charge in [0.05, 0.1) is 0 Å². The molecule has 0 atom stereocenters. The Morgan fingerprint density at radius 1 is 1.15 bits per heavy atom. The maximum Gasteiger partial charge on any atom is 0.142 e. The van der Waals surface area contributed by atoms with Crippen LogP contribution < -0.4 is 0 Å². The Balaban J connectivity index is 2.30. The number of fused-ring (bicyclic) bond motifs is 1. The molecule has 1 aromatic rings. The lowest BCUT2D eigenvalue weighted by Crippen LogP contribution is -1.82. The molecular formula is C12H12O. The fourth-order valence-electron chi connectivity index (χ4n) is 1.85. The van der Waals surface area contributed by atoms with Crippen LogP contribution in [0.4, 0.5) is 0 Å². The van der Waals surface area contributed by atoms with Crippen molar-refractivity contribution in [3.8, 4) is 0 Å². The summed E-state index contributed by atoms with van der Waals surface area (Å²) in [4.78, 5) is 10.1. The molecule has 13 heavy (non-hydrogen) atoms. The normalized spacial score (nSPS) is 14.8. The summed E-state index contributed by atoms with van der Waals surface area (Å²) in [6, 6.07) is 6.43. The van der Waals surface area contributed by atoms with E-state index in [1.807, 2.05) is 6.08 Å². The predicted octanol–water partition coefficient (Wildman–Crippen LogP) is 2.39. The Kier molecular flexibility index (Phi) is 2.26. The summed E-state index contributed by atoms with van der Waals surface area (Å²) < 4.78 is 0. The largest absolute Gasteiger partial charge is 0.299 e. The summed E-state index contributed by atoms with van der Waals surface area (Å²) >= 11 is 0. The highest BCUT2D eigenvalue weighted by molar-refractivity contribution is 5.74. The number of aldehydes is 1. The van der Waals surface area contributed by atoms with E-state index in [2.05, 4.69) is 18.2 Å². The summed E-state index contributed by atoms with van der Waals surface area (Å²) in [6.07, 6.45) is 7.89. The third kappa shape index (κ3) is 1.69. The lowest BCUT2D eigenvalue weighted by Gasteiger charge is -1.99. The monoisotopic (exact) mass is 172 g/mol. The van der Waals surface area contributed by atoms with Gasteiger partial charge in [-0.25, -0.2) is 0 Å². The zero-order chi connectivity index (χ0) is 9.10. The first-order valence-electron chi connectivity index (χ1n) is 4.64. The minimum atomic E-state index is 0.813. The van der Waals surface area contributed by atoms with Gasteiger partial charge in [-0.15, -0.1) is 0 Å². The van der Waals surface area contributed by atoms with Crippen molar-refractivity contribution in [3.05, 3.63) is 41.0 Å². The van der Waals surface area contributed by atoms with Crippen LogP contribution in [0.1, 0.15) is 23.1 Å². The van der Waals surface area contributed by atoms with Crippen LogP contribution in [0, 0.1) is 0 Å². The number of benzene rings is 1. The zero-order valence-electron chi connectivity index (χ0n) is 7.49. The van der Waals surface area contributed by atoms with Gasteiger partial charge in [0.15, 0.2) is 0 Å². The molecule has 1 aliphatic rings. The third-order valence-corrected chi connectivity index (χ3v) is 2.49. The molecular weight excluding hydrogens is 160 g/mol. The summed E-state index contributed by atoms with van der Waals surface area (Å²) in [6.45, 7) is 0. The summed E-state index contributed by atoms with van der Waals surface area (Å²) in [5.41, 5.74) is 4.06. The fourth-order valence-corrected chi connectivity index (χ4v) is 1.85. The van der Waals surface area contributed by atoms with Gasteiger partial charge >= 0.3 is 0 Å².